The van der Waals surface area contributed by atoms with Crippen LogP contribution in [-0.4, -0.2) is 25.0 Å². The third-order valence-electron chi connectivity index (χ3n) is 3.45. The van der Waals surface area contributed by atoms with Gasteiger partial charge < -0.3 is 14.8 Å². The molecule has 0 aliphatic carbocycles. The molecule has 114 valence electrons. The molecule has 0 amide bonds. The lowest BCUT2D eigenvalue weighted by Crippen LogP contribution is -2.35. The maximum absolute atomic E-state index is 13.7. The third-order valence-corrected chi connectivity index (χ3v) is 3.45. The number of Topliss-reactive ketones (excluding diaryl/α,β-unsaturated/α-hetero) is 1. The van der Waals surface area contributed by atoms with Crippen molar-refractivity contribution in [2.24, 2.45) is 0 Å². The summed E-state index contributed by atoms with van der Waals surface area (Å²) >= 11 is 0. The molecule has 1 aliphatic rings. The number of ether oxygens (including phenoxy) is 2. The minimum Gasteiger partial charge on any atom is -0.486 e. The SMILES string of the molecule is CC(=O)c1c(F)cccc1NCC1COc2ccccc2O1. The number of carbonyl (C=O) groups is 1. The number of para-hydroxylation sites is 2. The average Bonchev–Trinajstić information content (AvgIpc) is 2.52. The van der Waals surface area contributed by atoms with Crippen LogP contribution in [0.3, 0.4) is 0 Å². The molecule has 0 radical (unpaired) electrons. The molecule has 0 bridgehead atoms. The van der Waals surface area contributed by atoms with Crippen LogP contribution in [0.25, 0.3) is 0 Å². The van der Waals surface area contributed by atoms with Gasteiger partial charge in [-0.3, -0.25) is 4.79 Å². The minimum absolute atomic E-state index is 0.0691. The Kier molecular flexibility index (Phi) is 3.96. The molecule has 0 saturated heterocycles. The molecule has 5 heteroatoms. The van der Waals surface area contributed by atoms with Crippen molar-refractivity contribution in [1.29, 1.82) is 0 Å². The van der Waals surface area contributed by atoms with Crippen LogP contribution in [0.15, 0.2) is 42.5 Å². The Morgan fingerprint density at radius 2 is 2.00 bits per heavy atom. The van der Waals surface area contributed by atoms with E-state index in [1.165, 1.54) is 13.0 Å². The molecule has 0 spiro atoms. The van der Waals surface area contributed by atoms with E-state index < -0.39 is 5.82 Å². The maximum Gasteiger partial charge on any atom is 0.164 e. The largest absolute Gasteiger partial charge is 0.486 e. The van der Waals surface area contributed by atoms with Crippen molar-refractivity contribution >= 4 is 11.5 Å². The molecule has 1 atom stereocenters. The maximum atomic E-state index is 13.7. The Morgan fingerprint density at radius 3 is 2.77 bits per heavy atom. The van der Waals surface area contributed by atoms with Crippen molar-refractivity contribution in [3.63, 3.8) is 0 Å². The van der Waals surface area contributed by atoms with E-state index in [-0.39, 0.29) is 17.5 Å². The summed E-state index contributed by atoms with van der Waals surface area (Å²) in [5, 5.41) is 3.07. The second-order valence-electron chi connectivity index (χ2n) is 5.10. The summed E-state index contributed by atoms with van der Waals surface area (Å²) in [6.45, 7) is 2.16. The van der Waals surface area contributed by atoms with Crippen molar-refractivity contribution in [2.45, 2.75) is 13.0 Å². The van der Waals surface area contributed by atoms with Crippen LogP contribution in [0.1, 0.15) is 17.3 Å². The van der Waals surface area contributed by atoms with Crippen molar-refractivity contribution in [1.82, 2.24) is 0 Å². The standard InChI is InChI=1S/C17H16FNO3/c1-11(20)17-13(18)5-4-6-14(17)19-9-12-10-21-15-7-2-3-8-16(15)22-12/h2-8,12,19H,9-10H2,1H3. The quantitative estimate of drug-likeness (QED) is 0.880. The van der Waals surface area contributed by atoms with Crippen molar-refractivity contribution < 1.29 is 18.7 Å². The molecule has 1 unspecified atom stereocenters. The van der Waals surface area contributed by atoms with Gasteiger partial charge in [-0.15, -0.1) is 0 Å². The summed E-state index contributed by atoms with van der Waals surface area (Å²) in [6, 6.07) is 12.0. The number of fused-ring (bicyclic) bond motifs is 1. The van der Waals surface area contributed by atoms with Gasteiger partial charge in [0, 0.05) is 5.69 Å². The van der Waals surface area contributed by atoms with E-state index in [4.69, 9.17) is 9.47 Å². The topological polar surface area (TPSA) is 47.6 Å². The van der Waals surface area contributed by atoms with Crippen LogP contribution in [0, 0.1) is 5.82 Å². The molecule has 22 heavy (non-hydrogen) atoms. The number of anilines is 1. The molecule has 0 aromatic heterocycles. The molecule has 2 aromatic rings. The first-order chi connectivity index (χ1) is 10.6. The third kappa shape index (κ3) is 2.88. The molecule has 1 N–H and O–H groups in total. The van der Waals surface area contributed by atoms with Crippen LogP contribution in [0.4, 0.5) is 10.1 Å². The van der Waals surface area contributed by atoms with Crippen LogP contribution in [0.2, 0.25) is 0 Å². The highest BCUT2D eigenvalue weighted by Gasteiger charge is 2.21. The Labute approximate surface area is 127 Å². The van der Waals surface area contributed by atoms with Gasteiger partial charge in [0.25, 0.3) is 0 Å². The summed E-state index contributed by atoms with van der Waals surface area (Å²) < 4.78 is 25.2. The number of carbonyl (C=O) groups excluding carboxylic acids is 1. The van der Waals surface area contributed by atoms with Gasteiger partial charge in [0.05, 0.1) is 12.1 Å². The highest BCUT2D eigenvalue weighted by molar-refractivity contribution is 5.99. The first kappa shape index (κ1) is 14.4. The molecule has 1 heterocycles. The highest BCUT2D eigenvalue weighted by atomic mass is 19.1. The number of benzene rings is 2. The zero-order valence-electron chi connectivity index (χ0n) is 12.1. The second-order valence-corrected chi connectivity index (χ2v) is 5.10. The first-order valence-corrected chi connectivity index (χ1v) is 7.07. The Morgan fingerprint density at radius 1 is 1.23 bits per heavy atom. The molecular formula is C17H16FNO3. The zero-order valence-corrected chi connectivity index (χ0v) is 12.1. The summed E-state index contributed by atoms with van der Waals surface area (Å²) in [7, 11) is 0. The predicted molar refractivity (Wildman–Crippen MR) is 81.2 cm³/mol. The predicted octanol–water partition coefficient (Wildman–Crippen LogP) is 3.28. The summed E-state index contributed by atoms with van der Waals surface area (Å²) in [5.41, 5.74) is 0.537. The van der Waals surface area contributed by atoms with Gasteiger partial charge in [0.1, 0.15) is 18.5 Å². The summed E-state index contributed by atoms with van der Waals surface area (Å²) in [5.74, 6) is 0.566. The van der Waals surface area contributed by atoms with Gasteiger partial charge in [-0.25, -0.2) is 4.39 Å². The van der Waals surface area contributed by atoms with E-state index in [0.717, 1.165) is 0 Å². The normalized spacial score (nSPS) is 16.2. The monoisotopic (exact) mass is 301 g/mol. The van der Waals surface area contributed by atoms with Gasteiger partial charge in [0.2, 0.25) is 0 Å². The van der Waals surface area contributed by atoms with E-state index in [1.807, 2.05) is 24.3 Å². The van der Waals surface area contributed by atoms with E-state index >= 15 is 0 Å². The first-order valence-electron chi connectivity index (χ1n) is 7.07. The Balaban J connectivity index is 1.70. The van der Waals surface area contributed by atoms with Gasteiger partial charge >= 0.3 is 0 Å². The van der Waals surface area contributed by atoms with Crippen LogP contribution in [-0.2, 0) is 0 Å². The van der Waals surface area contributed by atoms with E-state index in [9.17, 15) is 9.18 Å². The lowest BCUT2D eigenvalue weighted by atomic mass is 10.1. The number of ketones is 1. The Bertz CT molecular complexity index is 702. The average molecular weight is 301 g/mol. The Hall–Kier alpha value is -2.56. The molecule has 3 rings (SSSR count). The fourth-order valence-corrected chi connectivity index (χ4v) is 2.42. The zero-order chi connectivity index (χ0) is 15.5. The molecule has 2 aromatic carbocycles. The smallest absolute Gasteiger partial charge is 0.164 e. The van der Waals surface area contributed by atoms with Crippen LogP contribution < -0.4 is 14.8 Å². The number of hydrogen-bond acceptors (Lipinski definition) is 4. The van der Waals surface area contributed by atoms with Gasteiger partial charge in [0.15, 0.2) is 17.3 Å². The molecule has 4 nitrogen and oxygen atoms in total. The summed E-state index contributed by atoms with van der Waals surface area (Å²) in [6.07, 6.45) is -0.210. The van der Waals surface area contributed by atoms with Gasteiger partial charge in [-0.05, 0) is 31.2 Å². The lowest BCUT2D eigenvalue weighted by Gasteiger charge is -2.27. The van der Waals surface area contributed by atoms with Crippen molar-refractivity contribution in [2.75, 3.05) is 18.5 Å². The summed E-state index contributed by atoms with van der Waals surface area (Å²) in [4.78, 5) is 11.6. The number of hydrogen-bond donors (Lipinski definition) is 1. The minimum atomic E-state index is -0.524. The van der Waals surface area contributed by atoms with Crippen LogP contribution in [0.5, 0.6) is 11.5 Å². The highest BCUT2D eigenvalue weighted by Crippen LogP contribution is 2.31. The fourth-order valence-electron chi connectivity index (χ4n) is 2.42. The van der Waals surface area contributed by atoms with Crippen molar-refractivity contribution in [3.05, 3.63) is 53.8 Å². The van der Waals surface area contributed by atoms with E-state index in [0.29, 0.717) is 30.3 Å². The van der Waals surface area contributed by atoms with E-state index in [1.54, 1.807) is 12.1 Å². The second kappa shape index (κ2) is 6.05. The molecule has 0 fully saturated rings. The lowest BCUT2D eigenvalue weighted by molar-refractivity contribution is 0.0992. The van der Waals surface area contributed by atoms with Crippen molar-refractivity contribution in [3.8, 4) is 11.5 Å². The fraction of sp³-hybridized carbons (Fsp3) is 0.235. The van der Waals surface area contributed by atoms with Gasteiger partial charge in [-0.1, -0.05) is 18.2 Å². The molecule has 0 saturated carbocycles. The molecule has 1 aliphatic heterocycles. The number of halogens is 1. The van der Waals surface area contributed by atoms with E-state index in [2.05, 4.69) is 5.32 Å². The number of nitrogens with one attached hydrogen (secondary N) is 1. The van der Waals surface area contributed by atoms with Crippen LogP contribution >= 0.6 is 0 Å². The molecular weight excluding hydrogens is 285 g/mol. The van der Waals surface area contributed by atoms with Gasteiger partial charge in [-0.2, -0.15) is 0 Å². The number of rotatable bonds is 4.